The quantitative estimate of drug-likeness (QED) is 0.758. The maximum atomic E-state index is 12.3. The zero-order chi connectivity index (χ0) is 21.1. The van der Waals surface area contributed by atoms with Crippen LogP contribution >= 0.6 is 11.3 Å². The zero-order valence-corrected chi connectivity index (χ0v) is 19.1. The Balaban J connectivity index is 1.37. The fourth-order valence-corrected chi connectivity index (χ4v) is 5.08. The summed E-state index contributed by atoms with van der Waals surface area (Å²) < 4.78 is 7.17. The molecule has 8 heteroatoms. The molecule has 1 unspecified atom stereocenters. The first-order valence-electron chi connectivity index (χ1n) is 11.0. The number of nitrogens with zero attached hydrogens (tertiary/aromatic N) is 4. The van der Waals surface area contributed by atoms with Gasteiger partial charge in [-0.25, -0.2) is 9.67 Å². The molecule has 2 aliphatic rings. The van der Waals surface area contributed by atoms with E-state index in [4.69, 9.17) is 9.72 Å². The van der Waals surface area contributed by atoms with Crippen molar-refractivity contribution >= 4 is 16.5 Å². The van der Waals surface area contributed by atoms with Gasteiger partial charge in [0, 0.05) is 37.0 Å². The number of rotatable bonds is 6. The first-order chi connectivity index (χ1) is 14.4. The first-order valence-corrected chi connectivity index (χ1v) is 11.8. The summed E-state index contributed by atoms with van der Waals surface area (Å²) in [5.41, 5.74) is 2.06. The van der Waals surface area contributed by atoms with E-state index in [2.05, 4.69) is 36.1 Å². The van der Waals surface area contributed by atoms with Gasteiger partial charge in [0.1, 0.15) is 0 Å². The predicted molar refractivity (Wildman–Crippen MR) is 120 cm³/mol. The number of piperidine rings is 1. The minimum Gasteiger partial charge on any atom is -0.375 e. The fraction of sp³-hybridized carbons (Fsp3) is 0.682. The van der Waals surface area contributed by atoms with Crippen molar-refractivity contribution in [3.8, 4) is 0 Å². The monoisotopic (exact) mass is 431 g/mol. The summed E-state index contributed by atoms with van der Waals surface area (Å²) in [7, 11) is 0. The predicted octanol–water partition coefficient (Wildman–Crippen LogP) is 3.04. The molecule has 0 aliphatic carbocycles. The lowest BCUT2D eigenvalue weighted by molar-refractivity contribution is 0.112. The van der Waals surface area contributed by atoms with Crippen LogP contribution in [0.5, 0.6) is 0 Å². The fourth-order valence-electron chi connectivity index (χ4n) is 4.12. The molecule has 2 aliphatic heterocycles. The Hall–Kier alpha value is -1.77. The largest absolute Gasteiger partial charge is 0.375 e. The van der Waals surface area contributed by atoms with Crippen molar-refractivity contribution in [1.82, 2.24) is 19.7 Å². The highest BCUT2D eigenvalue weighted by Gasteiger charge is 2.24. The Kier molecular flexibility index (Phi) is 6.55. The molecule has 30 heavy (non-hydrogen) atoms. The van der Waals surface area contributed by atoms with Crippen molar-refractivity contribution in [3.05, 3.63) is 38.8 Å². The Morgan fingerprint density at radius 3 is 2.93 bits per heavy atom. The van der Waals surface area contributed by atoms with E-state index in [0.29, 0.717) is 19.2 Å². The molecule has 1 fully saturated rings. The molecule has 0 aromatic carbocycles. The van der Waals surface area contributed by atoms with Gasteiger partial charge >= 0.3 is 0 Å². The molecule has 4 rings (SSSR count). The van der Waals surface area contributed by atoms with Crippen LogP contribution in [0, 0.1) is 0 Å². The Morgan fingerprint density at radius 2 is 2.13 bits per heavy atom. The zero-order valence-electron chi connectivity index (χ0n) is 18.3. The molecular weight excluding hydrogens is 398 g/mol. The standard InChI is InChI=1S/C22H33N5O2S/c1-22(2,3)19-7-8-20(28)27(25-19)12-11-26-10-5-4-6-16(26)14-23-21-24-17-9-13-29-15-18(17)30-21/h7-8,16H,4-6,9-15H2,1-3H3,(H,23,24). The topological polar surface area (TPSA) is 72.3 Å². The third kappa shape index (κ3) is 5.10. The molecule has 1 saturated heterocycles. The number of hydrogen-bond acceptors (Lipinski definition) is 7. The lowest BCUT2D eigenvalue weighted by Crippen LogP contribution is -2.45. The van der Waals surface area contributed by atoms with Gasteiger partial charge in [-0.15, -0.1) is 0 Å². The van der Waals surface area contributed by atoms with E-state index in [9.17, 15) is 4.79 Å². The van der Waals surface area contributed by atoms with E-state index in [1.165, 1.54) is 29.8 Å². The van der Waals surface area contributed by atoms with Crippen LogP contribution in [0.2, 0.25) is 0 Å². The number of fused-ring (bicyclic) bond motifs is 1. The van der Waals surface area contributed by atoms with E-state index in [1.54, 1.807) is 22.1 Å². The molecule has 1 atom stereocenters. The highest BCUT2D eigenvalue weighted by atomic mass is 32.1. The smallest absolute Gasteiger partial charge is 0.266 e. The number of hydrogen-bond donors (Lipinski definition) is 1. The number of ether oxygens (including phenoxy) is 1. The molecule has 0 spiro atoms. The molecule has 164 valence electrons. The summed E-state index contributed by atoms with van der Waals surface area (Å²) in [5.74, 6) is 0. The van der Waals surface area contributed by atoms with Gasteiger partial charge in [0.2, 0.25) is 0 Å². The molecule has 0 saturated carbocycles. The summed E-state index contributed by atoms with van der Waals surface area (Å²) in [6.07, 6.45) is 4.55. The summed E-state index contributed by atoms with van der Waals surface area (Å²) >= 11 is 1.72. The highest BCUT2D eigenvalue weighted by molar-refractivity contribution is 7.15. The molecule has 4 heterocycles. The van der Waals surface area contributed by atoms with E-state index in [1.807, 2.05) is 6.07 Å². The van der Waals surface area contributed by atoms with Crippen molar-refractivity contribution < 1.29 is 4.74 Å². The van der Waals surface area contributed by atoms with E-state index in [0.717, 1.165) is 43.5 Å². The molecule has 2 aromatic heterocycles. The molecule has 7 nitrogen and oxygen atoms in total. The van der Waals surface area contributed by atoms with Crippen molar-refractivity contribution in [1.29, 1.82) is 0 Å². The second kappa shape index (κ2) is 9.16. The van der Waals surface area contributed by atoms with Crippen LogP contribution in [0.25, 0.3) is 0 Å². The maximum absolute atomic E-state index is 12.3. The summed E-state index contributed by atoms with van der Waals surface area (Å²) in [4.78, 5) is 20.8. The van der Waals surface area contributed by atoms with Crippen LogP contribution in [0.4, 0.5) is 5.13 Å². The van der Waals surface area contributed by atoms with E-state index in [-0.39, 0.29) is 11.0 Å². The van der Waals surface area contributed by atoms with Gasteiger partial charge in [-0.05, 0) is 25.5 Å². The van der Waals surface area contributed by atoms with Crippen LogP contribution < -0.4 is 10.9 Å². The van der Waals surface area contributed by atoms with Crippen LogP contribution in [0.3, 0.4) is 0 Å². The van der Waals surface area contributed by atoms with Gasteiger partial charge in [-0.3, -0.25) is 9.69 Å². The second-order valence-electron chi connectivity index (χ2n) is 9.29. The van der Waals surface area contributed by atoms with Crippen molar-refractivity contribution in [2.75, 3.05) is 31.6 Å². The third-order valence-corrected chi connectivity index (χ3v) is 7.00. The third-order valence-electron chi connectivity index (χ3n) is 5.97. The van der Waals surface area contributed by atoms with Crippen LogP contribution in [-0.2, 0) is 29.7 Å². The Morgan fingerprint density at radius 1 is 1.27 bits per heavy atom. The van der Waals surface area contributed by atoms with Crippen LogP contribution in [0.1, 0.15) is 56.3 Å². The van der Waals surface area contributed by atoms with Crippen LogP contribution in [-0.4, -0.2) is 51.9 Å². The molecule has 0 bridgehead atoms. The summed E-state index contributed by atoms with van der Waals surface area (Å²) in [6.45, 7) is 11.3. The number of anilines is 1. The molecule has 0 amide bonds. The summed E-state index contributed by atoms with van der Waals surface area (Å²) in [5, 5.41) is 9.20. The first kappa shape index (κ1) is 21.5. The van der Waals surface area contributed by atoms with Gasteiger partial charge in [-0.2, -0.15) is 5.10 Å². The molecule has 2 aromatic rings. The van der Waals surface area contributed by atoms with Gasteiger partial charge in [0.15, 0.2) is 5.13 Å². The lowest BCUT2D eigenvalue weighted by atomic mass is 9.92. The number of thiazole rings is 1. The second-order valence-corrected chi connectivity index (χ2v) is 10.4. The van der Waals surface area contributed by atoms with E-state index >= 15 is 0 Å². The van der Waals surface area contributed by atoms with Gasteiger partial charge < -0.3 is 10.1 Å². The van der Waals surface area contributed by atoms with E-state index < -0.39 is 0 Å². The van der Waals surface area contributed by atoms with Gasteiger partial charge in [-0.1, -0.05) is 38.5 Å². The number of likely N-dealkylation sites (tertiary alicyclic amines) is 1. The Bertz CT molecular complexity index is 893. The highest BCUT2D eigenvalue weighted by Crippen LogP contribution is 2.27. The van der Waals surface area contributed by atoms with Crippen molar-refractivity contribution in [2.45, 2.75) is 71.1 Å². The van der Waals surface area contributed by atoms with Gasteiger partial charge in [0.05, 0.1) is 36.0 Å². The maximum Gasteiger partial charge on any atom is 0.266 e. The van der Waals surface area contributed by atoms with Crippen molar-refractivity contribution in [2.24, 2.45) is 0 Å². The minimum absolute atomic E-state index is 0.0229. The Labute approximate surface area is 182 Å². The number of nitrogens with one attached hydrogen (secondary N) is 1. The molecule has 0 radical (unpaired) electrons. The lowest BCUT2D eigenvalue weighted by Gasteiger charge is -2.35. The van der Waals surface area contributed by atoms with Gasteiger partial charge in [0.25, 0.3) is 5.56 Å². The number of aromatic nitrogens is 3. The summed E-state index contributed by atoms with van der Waals surface area (Å²) in [6, 6.07) is 3.96. The van der Waals surface area contributed by atoms with Crippen LogP contribution in [0.15, 0.2) is 16.9 Å². The average molecular weight is 432 g/mol. The van der Waals surface area contributed by atoms with Crippen molar-refractivity contribution in [3.63, 3.8) is 0 Å². The average Bonchev–Trinajstić information content (AvgIpc) is 3.14. The normalized spacial score (nSPS) is 20.2. The molecular formula is C22H33N5O2S. The minimum atomic E-state index is -0.0645. The SMILES string of the molecule is CC(C)(C)c1ccc(=O)n(CCN2CCCCC2CNc2nc3c(s2)COCC3)n1. The molecule has 1 N–H and O–H groups in total.